The van der Waals surface area contributed by atoms with Crippen LogP contribution in [0.25, 0.3) is 0 Å². The Bertz CT molecular complexity index is 510. The normalized spacial score (nSPS) is 16.8. The molecule has 4 nitrogen and oxygen atoms in total. The Hall–Kier alpha value is -1.55. The number of nitrogens with one attached hydrogen (secondary N) is 1. The maximum Gasteiger partial charge on any atom is 0.224 e. The van der Waals surface area contributed by atoms with Crippen molar-refractivity contribution in [3.63, 3.8) is 0 Å². The van der Waals surface area contributed by atoms with Crippen molar-refractivity contribution in [3.05, 3.63) is 29.3 Å². The minimum absolute atomic E-state index is 0.110. The fraction of sp³-hybridized carbons (Fsp3) is 0.632. The molecule has 2 rings (SSSR count). The maximum absolute atomic E-state index is 12.3. The zero-order valence-electron chi connectivity index (χ0n) is 14.7. The Balaban J connectivity index is 1.85. The number of methoxy groups -OCH3 is 1. The van der Waals surface area contributed by atoms with Crippen LogP contribution in [-0.4, -0.2) is 43.6 Å². The number of nitrogens with zero attached hydrogens (tertiary/aromatic N) is 1. The number of hydrogen-bond donors (Lipinski definition) is 1. The topological polar surface area (TPSA) is 41.6 Å². The lowest BCUT2D eigenvalue weighted by atomic mass is 10.1. The number of amides is 1. The Labute approximate surface area is 140 Å². The van der Waals surface area contributed by atoms with Gasteiger partial charge in [-0.15, -0.1) is 0 Å². The van der Waals surface area contributed by atoms with E-state index in [0.717, 1.165) is 29.8 Å². The minimum Gasteiger partial charge on any atom is -0.496 e. The largest absolute Gasteiger partial charge is 0.496 e. The number of carbonyl (C=O) groups is 1. The first-order chi connectivity index (χ1) is 11.1. The van der Waals surface area contributed by atoms with Crippen LogP contribution in [0, 0.1) is 6.92 Å². The first-order valence-corrected chi connectivity index (χ1v) is 8.77. The van der Waals surface area contributed by atoms with Crippen molar-refractivity contribution in [1.29, 1.82) is 0 Å². The highest BCUT2D eigenvalue weighted by Crippen LogP contribution is 2.18. The number of carbonyl (C=O) groups excluding carboxylic acids is 1. The van der Waals surface area contributed by atoms with Gasteiger partial charge in [0, 0.05) is 12.6 Å². The third kappa shape index (κ3) is 5.54. The van der Waals surface area contributed by atoms with Gasteiger partial charge in [-0.1, -0.05) is 25.5 Å². The van der Waals surface area contributed by atoms with Crippen LogP contribution in [0.1, 0.15) is 43.7 Å². The molecule has 1 aromatic carbocycles. The van der Waals surface area contributed by atoms with E-state index >= 15 is 0 Å². The number of likely N-dealkylation sites (tertiary alicyclic amines) is 1. The average Bonchev–Trinajstić information content (AvgIpc) is 2.55. The van der Waals surface area contributed by atoms with Gasteiger partial charge in [-0.2, -0.15) is 0 Å². The van der Waals surface area contributed by atoms with Gasteiger partial charge in [0.2, 0.25) is 5.91 Å². The third-order valence-electron chi connectivity index (χ3n) is 4.61. The predicted molar refractivity (Wildman–Crippen MR) is 93.9 cm³/mol. The molecule has 0 aromatic heterocycles. The number of ether oxygens (including phenoxy) is 1. The minimum atomic E-state index is 0.110. The van der Waals surface area contributed by atoms with Crippen LogP contribution in [0.3, 0.4) is 0 Å². The van der Waals surface area contributed by atoms with E-state index in [4.69, 9.17) is 4.74 Å². The van der Waals surface area contributed by atoms with Crippen LogP contribution in [0.2, 0.25) is 0 Å². The van der Waals surface area contributed by atoms with Gasteiger partial charge in [-0.25, -0.2) is 0 Å². The van der Waals surface area contributed by atoms with Crippen LogP contribution in [-0.2, 0) is 11.2 Å². The average molecular weight is 318 g/mol. The summed E-state index contributed by atoms with van der Waals surface area (Å²) >= 11 is 0. The van der Waals surface area contributed by atoms with Crippen molar-refractivity contribution < 1.29 is 9.53 Å². The van der Waals surface area contributed by atoms with Gasteiger partial charge < -0.3 is 15.0 Å². The third-order valence-corrected chi connectivity index (χ3v) is 4.61. The second kappa shape index (κ2) is 8.92. The molecule has 128 valence electrons. The Morgan fingerprint density at radius 1 is 1.30 bits per heavy atom. The van der Waals surface area contributed by atoms with E-state index in [2.05, 4.69) is 17.1 Å². The Kier molecular flexibility index (Phi) is 6.90. The van der Waals surface area contributed by atoms with E-state index in [0.29, 0.717) is 6.42 Å². The molecule has 1 N–H and O–H groups in total. The van der Waals surface area contributed by atoms with Crippen molar-refractivity contribution in [3.8, 4) is 5.75 Å². The molecule has 1 heterocycles. The van der Waals surface area contributed by atoms with Gasteiger partial charge in [0.25, 0.3) is 0 Å². The molecular formula is C19H30N2O2. The van der Waals surface area contributed by atoms with Gasteiger partial charge in [-0.3, -0.25) is 4.79 Å². The van der Waals surface area contributed by atoms with Gasteiger partial charge in [-0.05, 0) is 56.5 Å². The molecule has 1 aromatic rings. The van der Waals surface area contributed by atoms with Crippen molar-refractivity contribution >= 4 is 5.91 Å². The second-order valence-electron chi connectivity index (χ2n) is 6.51. The number of benzene rings is 1. The quantitative estimate of drug-likeness (QED) is 0.840. The molecule has 0 unspecified atom stereocenters. The summed E-state index contributed by atoms with van der Waals surface area (Å²) in [7, 11) is 1.67. The molecule has 0 bridgehead atoms. The number of aryl methyl sites for hydroxylation is 1. The van der Waals surface area contributed by atoms with Gasteiger partial charge in [0.05, 0.1) is 13.5 Å². The first-order valence-electron chi connectivity index (χ1n) is 8.77. The molecule has 0 aliphatic carbocycles. The van der Waals surface area contributed by atoms with Crippen molar-refractivity contribution in [2.75, 3.05) is 26.7 Å². The fourth-order valence-electron chi connectivity index (χ4n) is 3.25. The summed E-state index contributed by atoms with van der Waals surface area (Å²) in [5.74, 6) is 0.976. The molecule has 0 saturated carbocycles. The number of rotatable bonds is 7. The molecule has 0 radical (unpaired) electrons. The van der Waals surface area contributed by atoms with Crippen LogP contribution in [0.15, 0.2) is 18.2 Å². The zero-order chi connectivity index (χ0) is 16.7. The lowest BCUT2D eigenvalue weighted by Crippen LogP contribution is -2.45. The first kappa shape index (κ1) is 17.8. The molecule has 1 fully saturated rings. The van der Waals surface area contributed by atoms with Crippen molar-refractivity contribution in [2.24, 2.45) is 0 Å². The highest BCUT2D eigenvalue weighted by molar-refractivity contribution is 5.79. The lowest BCUT2D eigenvalue weighted by molar-refractivity contribution is -0.121. The van der Waals surface area contributed by atoms with Crippen LogP contribution >= 0.6 is 0 Å². The monoisotopic (exact) mass is 318 g/mol. The van der Waals surface area contributed by atoms with Crippen LogP contribution in [0.4, 0.5) is 0 Å². The van der Waals surface area contributed by atoms with E-state index in [-0.39, 0.29) is 11.9 Å². The second-order valence-corrected chi connectivity index (χ2v) is 6.51. The molecule has 1 atom stereocenters. The van der Waals surface area contributed by atoms with Crippen LogP contribution in [0.5, 0.6) is 5.75 Å². The maximum atomic E-state index is 12.3. The number of piperidine rings is 1. The summed E-state index contributed by atoms with van der Waals surface area (Å²) in [5, 5.41) is 3.20. The van der Waals surface area contributed by atoms with Gasteiger partial charge >= 0.3 is 0 Å². The smallest absolute Gasteiger partial charge is 0.224 e. The van der Waals surface area contributed by atoms with Crippen molar-refractivity contribution in [1.82, 2.24) is 10.2 Å². The lowest BCUT2D eigenvalue weighted by Gasteiger charge is -2.30. The summed E-state index contributed by atoms with van der Waals surface area (Å²) in [6.07, 6.45) is 5.33. The summed E-state index contributed by atoms with van der Waals surface area (Å²) in [5.41, 5.74) is 2.10. The van der Waals surface area contributed by atoms with E-state index in [1.165, 1.54) is 32.4 Å². The van der Waals surface area contributed by atoms with E-state index in [1.807, 2.05) is 25.1 Å². The fourth-order valence-corrected chi connectivity index (χ4v) is 3.25. The van der Waals surface area contributed by atoms with Crippen LogP contribution < -0.4 is 10.1 Å². The molecule has 0 spiro atoms. The van der Waals surface area contributed by atoms with Gasteiger partial charge in [0.15, 0.2) is 0 Å². The van der Waals surface area contributed by atoms with Crippen molar-refractivity contribution in [2.45, 2.75) is 52.0 Å². The molecule has 1 aliphatic heterocycles. The summed E-state index contributed by atoms with van der Waals surface area (Å²) < 4.78 is 5.27. The molecule has 1 amide bonds. The predicted octanol–water partition coefficient (Wildman–Crippen LogP) is 2.93. The zero-order valence-corrected chi connectivity index (χ0v) is 14.7. The summed E-state index contributed by atoms with van der Waals surface area (Å²) in [4.78, 5) is 14.8. The summed E-state index contributed by atoms with van der Waals surface area (Å²) in [6, 6.07) is 6.18. The standard InChI is InChI=1S/C19H30N2O2/c1-4-17(14-21-10-6-5-7-11-21)20-19(22)13-16-8-9-18(23-3)15(2)12-16/h8-9,12,17H,4-7,10-11,13-14H2,1-3H3,(H,20,22)/t17-/m0/s1. The highest BCUT2D eigenvalue weighted by Gasteiger charge is 2.17. The van der Waals surface area contributed by atoms with E-state index in [1.54, 1.807) is 7.11 Å². The Morgan fingerprint density at radius 3 is 2.65 bits per heavy atom. The SMILES string of the molecule is CC[C@@H](CN1CCCCC1)NC(=O)Cc1ccc(OC)c(C)c1. The summed E-state index contributed by atoms with van der Waals surface area (Å²) in [6.45, 7) is 7.47. The highest BCUT2D eigenvalue weighted by atomic mass is 16.5. The van der Waals surface area contributed by atoms with E-state index in [9.17, 15) is 4.79 Å². The Morgan fingerprint density at radius 2 is 2.04 bits per heavy atom. The number of hydrogen-bond acceptors (Lipinski definition) is 3. The molecule has 23 heavy (non-hydrogen) atoms. The molecule has 4 heteroatoms. The molecule has 1 saturated heterocycles. The molecular weight excluding hydrogens is 288 g/mol. The van der Waals surface area contributed by atoms with E-state index < -0.39 is 0 Å². The molecule has 1 aliphatic rings. The van der Waals surface area contributed by atoms with Gasteiger partial charge in [0.1, 0.15) is 5.75 Å².